The Morgan fingerprint density at radius 2 is 1.59 bits per heavy atom. The largest absolute Gasteiger partial charge is 0.492 e. The number of aliphatic imine (C=N–C) groups is 1. The molecule has 1 amide bonds. The lowest BCUT2D eigenvalue weighted by molar-refractivity contribution is -0.130. The first kappa shape index (κ1) is 21.0. The molecule has 6 nitrogen and oxygen atoms in total. The summed E-state index contributed by atoms with van der Waals surface area (Å²) in [5.74, 6) is 2.55. The van der Waals surface area contributed by atoms with Crippen LogP contribution < -0.4 is 14.2 Å². The van der Waals surface area contributed by atoms with E-state index in [2.05, 4.69) is 0 Å². The summed E-state index contributed by atoms with van der Waals surface area (Å²) in [7, 11) is 0. The molecule has 1 atom stereocenters. The minimum atomic E-state index is -0.138. The first-order valence-corrected chi connectivity index (χ1v) is 10.7. The summed E-state index contributed by atoms with van der Waals surface area (Å²) in [5, 5.41) is 0.663. The maximum atomic E-state index is 12.9. The average Bonchev–Trinajstić information content (AvgIpc) is 3.09. The third kappa shape index (κ3) is 5.23. The fourth-order valence-corrected chi connectivity index (χ4v) is 4.07. The van der Waals surface area contributed by atoms with Crippen LogP contribution in [-0.4, -0.2) is 47.6 Å². The molecule has 154 valence electrons. The highest BCUT2D eigenvalue weighted by molar-refractivity contribution is 8.14. The van der Waals surface area contributed by atoms with Crippen molar-refractivity contribution < 1.29 is 19.0 Å². The van der Waals surface area contributed by atoms with E-state index in [-0.39, 0.29) is 18.6 Å². The number of thioether (sulfide) groups is 1. The number of rotatable bonds is 8. The highest BCUT2D eigenvalue weighted by atomic mass is 32.2. The Bertz CT molecular complexity index is 871. The number of carbonyl (C=O) groups excluding carboxylic acids is 1. The molecule has 0 unspecified atom stereocenters. The van der Waals surface area contributed by atoms with Gasteiger partial charge in [0.1, 0.15) is 11.4 Å². The van der Waals surface area contributed by atoms with Crippen molar-refractivity contribution in [2.45, 2.75) is 26.8 Å². The molecule has 1 heterocycles. The molecule has 1 fully saturated rings. The van der Waals surface area contributed by atoms with Gasteiger partial charge in [0.15, 0.2) is 23.3 Å². The Morgan fingerprint density at radius 1 is 1.00 bits per heavy atom. The van der Waals surface area contributed by atoms with Crippen molar-refractivity contribution in [1.29, 1.82) is 0 Å². The van der Waals surface area contributed by atoms with Crippen LogP contribution in [0.1, 0.15) is 20.8 Å². The van der Waals surface area contributed by atoms with Gasteiger partial charge in [0, 0.05) is 11.8 Å². The summed E-state index contributed by atoms with van der Waals surface area (Å²) < 4.78 is 17.0. The molecular formula is C22H26N2O4S. The Balaban J connectivity index is 1.75. The van der Waals surface area contributed by atoms with Gasteiger partial charge >= 0.3 is 0 Å². The van der Waals surface area contributed by atoms with Gasteiger partial charge in [0.05, 0.1) is 13.2 Å². The topological polar surface area (TPSA) is 60.4 Å². The normalized spacial score (nSPS) is 17.4. The van der Waals surface area contributed by atoms with Crippen molar-refractivity contribution in [3.05, 3.63) is 48.5 Å². The van der Waals surface area contributed by atoms with Gasteiger partial charge in [0.2, 0.25) is 0 Å². The standard InChI is InChI=1S/C22H26N2O4S/c1-4-26-18-11-7-6-10-17(18)23-22-24(16(3)15-29-22)21(25)14-28-20-13-9-8-12-19(20)27-5-2/h6-13,16H,4-5,14-15H2,1-3H3/t16-/m1/s1. The van der Waals surface area contributed by atoms with Crippen molar-refractivity contribution in [3.63, 3.8) is 0 Å². The van der Waals surface area contributed by atoms with E-state index in [9.17, 15) is 4.79 Å². The van der Waals surface area contributed by atoms with Crippen molar-refractivity contribution >= 4 is 28.5 Å². The van der Waals surface area contributed by atoms with Gasteiger partial charge in [0.25, 0.3) is 5.91 Å². The molecule has 1 saturated heterocycles. The number of benzene rings is 2. The van der Waals surface area contributed by atoms with Crippen molar-refractivity contribution in [2.75, 3.05) is 25.6 Å². The molecule has 29 heavy (non-hydrogen) atoms. The van der Waals surface area contributed by atoms with E-state index in [1.54, 1.807) is 22.7 Å². The zero-order valence-electron chi connectivity index (χ0n) is 17.0. The monoisotopic (exact) mass is 414 g/mol. The molecule has 0 spiro atoms. The molecule has 2 aromatic rings. The van der Waals surface area contributed by atoms with Crippen LogP contribution in [0, 0.1) is 0 Å². The van der Waals surface area contributed by atoms with Crippen molar-refractivity contribution in [2.24, 2.45) is 4.99 Å². The Morgan fingerprint density at radius 3 is 2.28 bits per heavy atom. The molecule has 0 bridgehead atoms. The Kier molecular flexibility index (Phi) is 7.41. The molecule has 7 heteroatoms. The van der Waals surface area contributed by atoms with Crippen LogP contribution in [0.4, 0.5) is 5.69 Å². The van der Waals surface area contributed by atoms with E-state index in [1.165, 1.54) is 0 Å². The van der Waals surface area contributed by atoms with Crippen molar-refractivity contribution in [1.82, 2.24) is 4.90 Å². The number of ether oxygens (including phenoxy) is 3. The fraction of sp³-hybridized carbons (Fsp3) is 0.364. The first-order valence-electron chi connectivity index (χ1n) is 9.74. The van der Waals surface area contributed by atoms with Crippen LogP contribution in [0.3, 0.4) is 0 Å². The Hall–Kier alpha value is -2.67. The van der Waals surface area contributed by atoms with Gasteiger partial charge < -0.3 is 14.2 Å². The number of nitrogens with zero attached hydrogens (tertiary/aromatic N) is 2. The van der Waals surface area contributed by atoms with Crippen molar-refractivity contribution in [3.8, 4) is 17.2 Å². The second-order valence-corrected chi connectivity index (χ2v) is 7.37. The van der Waals surface area contributed by atoms with Gasteiger partial charge in [-0.25, -0.2) is 4.99 Å². The summed E-state index contributed by atoms with van der Waals surface area (Å²) >= 11 is 1.56. The molecule has 2 aromatic carbocycles. The second kappa shape index (κ2) is 10.2. The fourth-order valence-electron chi connectivity index (χ4n) is 2.95. The van der Waals surface area contributed by atoms with Gasteiger partial charge in [-0.2, -0.15) is 0 Å². The molecular weight excluding hydrogens is 388 g/mol. The lowest BCUT2D eigenvalue weighted by Gasteiger charge is -2.21. The first-order chi connectivity index (χ1) is 14.1. The summed E-state index contributed by atoms with van der Waals surface area (Å²) in [4.78, 5) is 19.4. The van der Waals surface area contributed by atoms with Gasteiger partial charge in [-0.05, 0) is 45.0 Å². The number of hydrogen-bond acceptors (Lipinski definition) is 6. The predicted octanol–water partition coefficient (Wildman–Crippen LogP) is 4.51. The zero-order valence-corrected chi connectivity index (χ0v) is 17.8. The maximum Gasteiger partial charge on any atom is 0.266 e. The van der Waals surface area contributed by atoms with E-state index >= 15 is 0 Å². The quantitative estimate of drug-likeness (QED) is 0.636. The lowest BCUT2D eigenvalue weighted by atomic mass is 10.3. The summed E-state index contributed by atoms with van der Waals surface area (Å²) in [6.45, 7) is 6.86. The average molecular weight is 415 g/mol. The van der Waals surface area contributed by atoms with E-state index in [1.807, 2.05) is 63.2 Å². The molecule has 3 rings (SSSR count). The summed E-state index contributed by atoms with van der Waals surface area (Å²) in [6.07, 6.45) is 0. The molecule has 0 saturated carbocycles. The van der Waals surface area contributed by atoms with E-state index in [0.29, 0.717) is 41.3 Å². The van der Waals surface area contributed by atoms with E-state index < -0.39 is 0 Å². The maximum absolute atomic E-state index is 12.9. The highest BCUT2D eigenvalue weighted by Gasteiger charge is 2.32. The SMILES string of the molecule is CCOc1ccccc1N=C1SC[C@@H](C)N1C(=O)COc1ccccc1OCC. The van der Waals surface area contributed by atoms with Crippen LogP contribution in [0.25, 0.3) is 0 Å². The van der Waals surface area contributed by atoms with Gasteiger partial charge in [-0.1, -0.05) is 36.0 Å². The minimum absolute atomic E-state index is 0.0382. The van der Waals surface area contributed by atoms with Gasteiger partial charge in [-0.3, -0.25) is 9.69 Å². The number of para-hydroxylation sites is 4. The van der Waals surface area contributed by atoms with Gasteiger partial charge in [-0.15, -0.1) is 0 Å². The molecule has 1 aliphatic heterocycles. The molecule has 0 aliphatic carbocycles. The number of amidine groups is 1. The number of hydrogen-bond donors (Lipinski definition) is 0. The lowest BCUT2D eigenvalue weighted by Crippen LogP contribution is -2.40. The molecule has 0 radical (unpaired) electrons. The second-order valence-electron chi connectivity index (χ2n) is 6.39. The van der Waals surface area contributed by atoms with Crippen LogP contribution in [0.2, 0.25) is 0 Å². The number of carbonyl (C=O) groups is 1. The van der Waals surface area contributed by atoms with E-state index in [0.717, 1.165) is 5.75 Å². The zero-order chi connectivity index (χ0) is 20.6. The molecule has 0 N–H and O–H groups in total. The van der Waals surface area contributed by atoms with Crippen LogP contribution in [0.15, 0.2) is 53.5 Å². The Labute approximate surface area is 175 Å². The smallest absolute Gasteiger partial charge is 0.266 e. The molecule has 1 aliphatic rings. The van der Waals surface area contributed by atoms with E-state index in [4.69, 9.17) is 19.2 Å². The third-order valence-electron chi connectivity index (χ3n) is 4.25. The number of amides is 1. The van der Waals surface area contributed by atoms with Crippen LogP contribution in [-0.2, 0) is 4.79 Å². The van der Waals surface area contributed by atoms with Crippen LogP contribution in [0.5, 0.6) is 17.2 Å². The van der Waals surface area contributed by atoms with Crippen LogP contribution >= 0.6 is 11.8 Å². The minimum Gasteiger partial charge on any atom is -0.492 e. The molecule has 0 aromatic heterocycles. The highest BCUT2D eigenvalue weighted by Crippen LogP contribution is 2.32. The third-order valence-corrected chi connectivity index (χ3v) is 5.45. The summed E-state index contributed by atoms with van der Waals surface area (Å²) in [5.41, 5.74) is 0.714. The predicted molar refractivity (Wildman–Crippen MR) is 117 cm³/mol. The summed E-state index contributed by atoms with van der Waals surface area (Å²) in [6, 6.07) is 15.0.